The predicted molar refractivity (Wildman–Crippen MR) is 97.4 cm³/mol. The van der Waals surface area contributed by atoms with Crippen LogP contribution in [0.1, 0.15) is 46.6 Å². The van der Waals surface area contributed by atoms with E-state index in [1.165, 1.54) is 7.11 Å². The van der Waals surface area contributed by atoms with Crippen molar-refractivity contribution in [2.24, 2.45) is 0 Å². The van der Waals surface area contributed by atoms with Gasteiger partial charge in [-0.3, -0.25) is 4.79 Å². The van der Waals surface area contributed by atoms with Gasteiger partial charge in [0.05, 0.1) is 18.4 Å². The van der Waals surface area contributed by atoms with E-state index in [0.29, 0.717) is 30.9 Å². The summed E-state index contributed by atoms with van der Waals surface area (Å²) in [6, 6.07) is 6.43. The van der Waals surface area contributed by atoms with Crippen LogP contribution >= 0.6 is 0 Å². The molecule has 1 unspecified atom stereocenters. The van der Waals surface area contributed by atoms with Crippen molar-refractivity contribution < 1.29 is 23.6 Å². The maximum absolute atomic E-state index is 12.8. The molecule has 0 N–H and O–H groups in total. The van der Waals surface area contributed by atoms with Crippen LogP contribution in [0.15, 0.2) is 28.8 Å². The Morgan fingerprint density at radius 2 is 1.96 bits per heavy atom. The molecule has 7 heteroatoms. The molecule has 0 spiro atoms. The molecule has 144 valence electrons. The van der Waals surface area contributed by atoms with E-state index in [0.717, 1.165) is 29.9 Å². The number of nitrogens with zero attached hydrogens (tertiary/aromatic N) is 2. The number of amides is 1. The van der Waals surface area contributed by atoms with Crippen LogP contribution in [0.3, 0.4) is 0 Å². The molecule has 0 saturated carbocycles. The first-order chi connectivity index (χ1) is 13.0. The average Bonchev–Trinajstić information content (AvgIpc) is 3.03. The van der Waals surface area contributed by atoms with Crippen LogP contribution in [0.25, 0.3) is 0 Å². The van der Waals surface area contributed by atoms with Gasteiger partial charge in [-0.05, 0) is 57.4 Å². The van der Waals surface area contributed by atoms with Crippen molar-refractivity contribution in [2.45, 2.75) is 45.8 Å². The van der Waals surface area contributed by atoms with Gasteiger partial charge in [0.15, 0.2) is 0 Å². The van der Waals surface area contributed by atoms with Gasteiger partial charge >= 0.3 is 5.97 Å². The van der Waals surface area contributed by atoms with E-state index in [2.05, 4.69) is 5.16 Å². The Kier molecular flexibility index (Phi) is 5.78. The normalized spacial score (nSPS) is 16.9. The maximum Gasteiger partial charge on any atom is 0.328 e. The van der Waals surface area contributed by atoms with Gasteiger partial charge in [0.25, 0.3) is 5.91 Å². The SMILES string of the molecule is COC(=O)C1CCCCN1C(=O)c1ccc(OCc2c(C)noc2C)cc1. The van der Waals surface area contributed by atoms with Crippen molar-refractivity contribution in [2.75, 3.05) is 13.7 Å². The molecule has 1 atom stereocenters. The van der Waals surface area contributed by atoms with Gasteiger partial charge in [-0.25, -0.2) is 4.79 Å². The summed E-state index contributed by atoms with van der Waals surface area (Å²) >= 11 is 0. The van der Waals surface area contributed by atoms with Crippen LogP contribution < -0.4 is 4.74 Å². The van der Waals surface area contributed by atoms with E-state index in [-0.39, 0.29) is 11.9 Å². The van der Waals surface area contributed by atoms with Crippen molar-refractivity contribution >= 4 is 11.9 Å². The monoisotopic (exact) mass is 372 g/mol. The molecule has 1 amide bonds. The Labute approximate surface area is 158 Å². The molecule has 0 bridgehead atoms. The summed E-state index contributed by atoms with van der Waals surface area (Å²) in [6.07, 6.45) is 2.44. The number of ether oxygens (including phenoxy) is 2. The lowest BCUT2D eigenvalue weighted by molar-refractivity contribution is -0.147. The molecule has 1 aliphatic heterocycles. The third-order valence-corrected chi connectivity index (χ3v) is 4.90. The average molecular weight is 372 g/mol. The summed E-state index contributed by atoms with van der Waals surface area (Å²) in [5.41, 5.74) is 2.25. The van der Waals surface area contributed by atoms with Gasteiger partial charge in [-0.15, -0.1) is 0 Å². The van der Waals surface area contributed by atoms with Crippen molar-refractivity contribution in [3.8, 4) is 5.75 Å². The molecule has 1 fully saturated rings. The summed E-state index contributed by atoms with van der Waals surface area (Å²) in [5, 5.41) is 3.90. The molecule has 27 heavy (non-hydrogen) atoms. The number of aryl methyl sites for hydroxylation is 2. The first-order valence-corrected chi connectivity index (χ1v) is 9.04. The molecular formula is C20H24N2O5. The largest absolute Gasteiger partial charge is 0.489 e. The van der Waals surface area contributed by atoms with Gasteiger partial charge in [0, 0.05) is 12.1 Å². The number of rotatable bonds is 5. The second-order valence-corrected chi connectivity index (χ2v) is 6.65. The zero-order chi connectivity index (χ0) is 19.4. The Morgan fingerprint density at radius 1 is 1.22 bits per heavy atom. The lowest BCUT2D eigenvalue weighted by Gasteiger charge is -2.33. The van der Waals surface area contributed by atoms with Crippen LogP contribution in [0.5, 0.6) is 5.75 Å². The number of likely N-dealkylation sites (tertiary alicyclic amines) is 1. The number of carbonyl (C=O) groups excluding carboxylic acids is 2. The van der Waals surface area contributed by atoms with Gasteiger partial charge in [-0.1, -0.05) is 5.16 Å². The third kappa shape index (κ3) is 4.13. The molecule has 7 nitrogen and oxygen atoms in total. The standard InChI is InChI=1S/C20H24N2O5/c1-13-17(14(2)27-21-13)12-26-16-9-7-15(8-10-16)19(23)22-11-5-4-6-18(22)20(24)25-3/h7-10,18H,4-6,11-12H2,1-3H3. The second kappa shape index (κ2) is 8.24. The molecule has 2 heterocycles. The minimum atomic E-state index is -0.508. The fourth-order valence-corrected chi connectivity index (χ4v) is 3.28. The number of aromatic nitrogens is 1. The van der Waals surface area contributed by atoms with Crippen molar-refractivity contribution in [1.82, 2.24) is 10.1 Å². The number of benzene rings is 1. The van der Waals surface area contributed by atoms with E-state index in [1.807, 2.05) is 13.8 Å². The predicted octanol–water partition coefficient (Wildman–Crippen LogP) is 3.04. The first kappa shape index (κ1) is 18.9. The zero-order valence-electron chi connectivity index (χ0n) is 15.9. The third-order valence-electron chi connectivity index (χ3n) is 4.90. The van der Waals surface area contributed by atoms with Crippen LogP contribution in [-0.2, 0) is 16.1 Å². The molecular weight excluding hydrogens is 348 g/mol. The number of carbonyl (C=O) groups is 2. The molecule has 0 radical (unpaired) electrons. The van der Waals surface area contributed by atoms with E-state index in [4.69, 9.17) is 14.0 Å². The fraction of sp³-hybridized carbons (Fsp3) is 0.450. The molecule has 2 aromatic rings. The highest BCUT2D eigenvalue weighted by Crippen LogP contribution is 2.23. The molecule has 0 aliphatic carbocycles. The minimum absolute atomic E-state index is 0.164. The minimum Gasteiger partial charge on any atom is -0.489 e. The van der Waals surface area contributed by atoms with Crippen LogP contribution in [0.2, 0.25) is 0 Å². The van der Waals surface area contributed by atoms with Crippen molar-refractivity contribution in [3.63, 3.8) is 0 Å². The fourth-order valence-electron chi connectivity index (χ4n) is 3.28. The van der Waals surface area contributed by atoms with Gasteiger partial charge < -0.3 is 18.9 Å². The summed E-state index contributed by atoms with van der Waals surface area (Å²) < 4.78 is 15.7. The lowest BCUT2D eigenvalue weighted by atomic mass is 10.0. The lowest BCUT2D eigenvalue weighted by Crippen LogP contribution is -2.48. The number of hydrogen-bond acceptors (Lipinski definition) is 6. The van der Waals surface area contributed by atoms with E-state index >= 15 is 0 Å². The van der Waals surface area contributed by atoms with Crippen LogP contribution in [0.4, 0.5) is 0 Å². The van der Waals surface area contributed by atoms with Gasteiger partial charge in [-0.2, -0.15) is 0 Å². The summed E-state index contributed by atoms with van der Waals surface area (Å²) in [6.45, 7) is 4.62. The first-order valence-electron chi connectivity index (χ1n) is 9.04. The van der Waals surface area contributed by atoms with Crippen LogP contribution in [0, 0.1) is 13.8 Å². The molecule has 3 rings (SSSR count). The van der Waals surface area contributed by atoms with Crippen LogP contribution in [-0.4, -0.2) is 41.6 Å². The molecule has 1 aliphatic rings. The van der Waals surface area contributed by atoms with E-state index in [9.17, 15) is 9.59 Å². The van der Waals surface area contributed by atoms with Gasteiger partial charge in [0.2, 0.25) is 0 Å². The van der Waals surface area contributed by atoms with E-state index < -0.39 is 6.04 Å². The number of methoxy groups -OCH3 is 1. The van der Waals surface area contributed by atoms with Crippen molar-refractivity contribution in [3.05, 3.63) is 46.8 Å². The quantitative estimate of drug-likeness (QED) is 0.751. The van der Waals surface area contributed by atoms with E-state index in [1.54, 1.807) is 29.2 Å². The molecule has 1 saturated heterocycles. The Morgan fingerprint density at radius 3 is 2.59 bits per heavy atom. The summed E-state index contributed by atoms with van der Waals surface area (Å²) in [5.74, 6) is 0.859. The molecule has 1 aromatic carbocycles. The van der Waals surface area contributed by atoms with Crippen molar-refractivity contribution in [1.29, 1.82) is 0 Å². The summed E-state index contributed by atoms with van der Waals surface area (Å²) in [7, 11) is 1.35. The Balaban J connectivity index is 1.67. The van der Waals surface area contributed by atoms with Gasteiger partial charge in [0.1, 0.15) is 24.2 Å². The Bertz CT molecular complexity index is 793. The molecule has 1 aromatic heterocycles. The highest BCUT2D eigenvalue weighted by atomic mass is 16.5. The second-order valence-electron chi connectivity index (χ2n) is 6.65. The Hall–Kier alpha value is -2.83. The zero-order valence-corrected chi connectivity index (χ0v) is 15.9. The highest BCUT2D eigenvalue weighted by molar-refractivity contribution is 5.97. The summed E-state index contributed by atoms with van der Waals surface area (Å²) in [4.78, 5) is 26.4. The number of piperidine rings is 1. The number of esters is 1. The topological polar surface area (TPSA) is 81.9 Å². The maximum atomic E-state index is 12.8. The highest BCUT2D eigenvalue weighted by Gasteiger charge is 2.33. The number of hydrogen-bond donors (Lipinski definition) is 0. The smallest absolute Gasteiger partial charge is 0.328 e.